The quantitative estimate of drug-likeness (QED) is 0.602. The van der Waals surface area contributed by atoms with Crippen molar-refractivity contribution in [2.24, 2.45) is 0 Å². The zero-order valence-electron chi connectivity index (χ0n) is 12.9. The molecule has 0 saturated heterocycles. The molecular weight excluding hydrogens is 307 g/mol. The minimum Gasteiger partial charge on any atom is -0.457 e. The van der Waals surface area contributed by atoms with Crippen molar-refractivity contribution in [3.63, 3.8) is 0 Å². The lowest BCUT2D eigenvalue weighted by Crippen LogP contribution is -2.07. The number of furan rings is 1. The number of nitrogens with one attached hydrogen (secondary N) is 2. The average molecular weight is 324 g/mol. The highest BCUT2D eigenvalue weighted by Crippen LogP contribution is 2.21. The molecular formula is C19H17FN2O2. The van der Waals surface area contributed by atoms with Gasteiger partial charge in [0.25, 0.3) is 0 Å². The van der Waals surface area contributed by atoms with Crippen LogP contribution in [0.25, 0.3) is 0 Å². The van der Waals surface area contributed by atoms with E-state index in [1.54, 1.807) is 24.3 Å². The summed E-state index contributed by atoms with van der Waals surface area (Å²) in [5.41, 5.74) is 2.66. The van der Waals surface area contributed by atoms with Crippen molar-refractivity contribution in [2.45, 2.75) is 13.2 Å². The SMILES string of the molecule is N=C(c1ccc(CO)o1)c1ccccc1NCc1ccc(F)cc1. The number of anilines is 1. The van der Waals surface area contributed by atoms with Gasteiger partial charge in [-0.2, -0.15) is 0 Å². The molecule has 0 spiro atoms. The van der Waals surface area contributed by atoms with Crippen LogP contribution in [0, 0.1) is 11.2 Å². The highest BCUT2D eigenvalue weighted by molar-refractivity contribution is 6.12. The number of rotatable bonds is 6. The fourth-order valence-corrected chi connectivity index (χ4v) is 2.38. The number of aliphatic hydroxyl groups is 1. The van der Waals surface area contributed by atoms with E-state index < -0.39 is 0 Å². The Morgan fingerprint density at radius 3 is 2.50 bits per heavy atom. The molecule has 4 nitrogen and oxygen atoms in total. The number of benzene rings is 2. The van der Waals surface area contributed by atoms with E-state index in [-0.39, 0.29) is 18.1 Å². The van der Waals surface area contributed by atoms with Crippen LogP contribution in [0.3, 0.4) is 0 Å². The van der Waals surface area contributed by atoms with Crippen molar-refractivity contribution in [3.05, 3.63) is 89.1 Å². The summed E-state index contributed by atoms with van der Waals surface area (Å²) in [5.74, 6) is 0.556. The Morgan fingerprint density at radius 1 is 1.04 bits per heavy atom. The molecule has 3 aromatic rings. The number of aliphatic hydroxyl groups excluding tert-OH is 1. The molecule has 0 atom stereocenters. The molecule has 0 aliphatic carbocycles. The van der Waals surface area contributed by atoms with Crippen molar-refractivity contribution in [2.75, 3.05) is 5.32 Å². The monoisotopic (exact) mass is 324 g/mol. The third-order valence-electron chi connectivity index (χ3n) is 3.66. The molecule has 24 heavy (non-hydrogen) atoms. The van der Waals surface area contributed by atoms with E-state index >= 15 is 0 Å². The Bertz CT molecular complexity index is 841. The van der Waals surface area contributed by atoms with E-state index in [0.29, 0.717) is 23.6 Å². The van der Waals surface area contributed by atoms with Crippen LogP contribution in [-0.4, -0.2) is 10.8 Å². The molecule has 122 valence electrons. The summed E-state index contributed by atoms with van der Waals surface area (Å²) in [6.07, 6.45) is 0. The second-order valence-electron chi connectivity index (χ2n) is 5.32. The van der Waals surface area contributed by atoms with Crippen LogP contribution in [0.5, 0.6) is 0 Å². The molecule has 0 bridgehead atoms. The summed E-state index contributed by atoms with van der Waals surface area (Å²) in [7, 11) is 0. The topological polar surface area (TPSA) is 69.2 Å². The van der Waals surface area contributed by atoms with E-state index in [2.05, 4.69) is 5.32 Å². The average Bonchev–Trinajstić information content (AvgIpc) is 3.10. The molecule has 0 unspecified atom stereocenters. The Labute approximate surface area is 139 Å². The standard InChI is InChI=1S/C19H17FN2O2/c20-14-7-5-13(6-8-14)11-22-17-4-2-1-3-16(17)19(21)18-10-9-15(12-23)24-18/h1-10,21-23H,11-12H2. The van der Waals surface area contributed by atoms with Gasteiger partial charge in [-0.15, -0.1) is 0 Å². The van der Waals surface area contributed by atoms with Crippen molar-refractivity contribution in [3.8, 4) is 0 Å². The predicted molar refractivity (Wildman–Crippen MR) is 90.7 cm³/mol. The zero-order chi connectivity index (χ0) is 16.9. The van der Waals surface area contributed by atoms with Crippen molar-refractivity contribution in [1.29, 1.82) is 5.41 Å². The molecule has 0 amide bonds. The largest absolute Gasteiger partial charge is 0.457 e. The van der Waals surface area contributed by atoms with Crippen molar-refractivity contribution in [1.82, 2.24) is 0 Å². The van der Waals surface area contributed by atoms with Gasteiger partial charge in [-0.3, -0.25) is 5.41 Å². The molecule has 0 aliphatic heterocycles. The number of halogens is 1. The maximum atomic E-state index is 13.0. The molecule has 0 radical (unpaired) electrons. The first-order valence-corrected chi connectivity index (χ1v) is 7.53. The van der Waals surface area contributed by atoms with Crippen LogP contribution in [0.4, 0.5) is 10.1 Å². The van der Waals surface area contributed by atoms with E-state index in [1.165, 1.54) is 12.1 Å². The maximum Gasteiger partial charge on any atom is 0.152 e. The summed E-state index contributed by atoms with van der Waals surface area (Å²) in [5, 5.41) is 20.7. The van der Waals surface area contributed by atoms with Crippen molar-refractivity contribution < 1.29 is 13.9 Å². The van der Waals surface area contributed by atoms with Gasteiger partial charge in [0.05, 0.1) is 0 Å². The van der Waals surface area contributed by atoms with E-state index in [4.69, 9.17) is 14.9 Å². The first-order chi connectivity index (χ1) is 11.7. The van der Waals surface area contributed by atoms with E-state index in [0.717, 1.165) is 11.3 Å². The molecule has 3 N–H and O–H groups in total. The van der Waals surface area contributed by atoms with Gasteiger partial charge < -0.3 is 14.8 Å². The lowest BCUT2D eigenvalue weighted by Gasteiger charge is -2.12. The van der Waals surface area contributed by atoms with Gasteiger partial charge in [0, 0.05) is 17.8 Å². The summed E-state index contributed by atoms with van der Waals surface area (Å²) in [4.78, 5) is 0. The van der Waals surface area contributed by atoms with Crippen molar-refractivity contribution >= 4 is 11.4 Å². The number of hydrogen-bond acceptors (Lipinski definition) is 4. The van der Waals surface area contributed by atoms with Crippen LogP contribution in [0.15, 0.2) is 65.1 Å². The summed E-state index contributed by atoms with van der Waals surface area (Å²) in [6.45, 7) is 0.322. The Kier molecular flexibility index (Phi) is 4.72. The zero-order valence-corrected chi connectivity index (χ0v) is 12.9. The smallest absolute Gasteiger partial charge is 0.152 e. The normalized spacial score (nSPS) is 10.6. The van der Waals surface area contributed by atoms with E-state index in [9.17, 15) is 4.39 Å². The lowest BCUT2D eigenvalue weighted by atomic mass is 10.1. The summed E-state index contributed by atoms with van der Waals surface area (Å²) in [6, 6.07) is 17.0. The van der Waals surface area contributed by atoms with Gasteiger partial charge in [0.1, 0.15) is 23.9 Å². The molecule has 5 heteroatoms. The van der Waals surface area contributed by atoms with E-state index in [1.807, 2.05) is 24.3 Å². The maximum absolute atomic E-state index is 13.0. The second-order valence-corrected chi connectivity index (χ2v) is 5.32. The third-order valence-corrected chi connectivity index (χ3v) is 3.66. The van der Waals surface area contributed by atoms with Gasteiger partial charge in [-0.1, -0.05) is 30.3 Å². The van der Waals surface area contributed by atoms with Crippen LogP contribution < -0.4 is 5.32 Å². The molecule has 2 aromatic carbocycles. The molecule has 1 aromatic heterocycles. The molecule has 1 heterocycles. The predicted octanol–water partition coefficient (Wildman–Crippen LogP) is 3.94. The van der Waals surface area contributed by atoms with Gasteiger partial charge >= 0.3 is 0 Å². The second kappa shape index (κ2) is 7.10. The highest BCUT2D eigenvalue weighted by atomic mass is 19.1. The summed E-state index contributed by atoms with van der Waals surface area (Å²) >= 11 is 0. The van der Waals surface area contributed by atoms with Gasteiger partial charge in [-0.05, 0) is 35.9 Å². The van der Waals surface area contributed by atoms with Gasteiger partial charge in [-0.25, -0.2) is 4.39 Å². The fraction of sp³-hybridized carbons (Fsp3) is 0.105. The van der Waals surface area contributed by atoms with Crippen LogP contribution in [-0.2, 0) is 13.2 Å². The molecule has 0 fully saturated rings. The number of hydrogen-bond donors (Lipinski definition) is 3. The van der Waals surface area contributed by atoms with Gasteiger partial charge in [0.2, 0.25) is 0 Å². The highest BCUT2D eigenvalue weighted by Gasteiger charge is 2.13. The molecule has 0 aliphatic rings. The Hall–Kier alpha value is -2.92. The fourth-order valence-electron chi connectivity index (χ4n) is 2.38. The number of para-hydroxylation sites is 1. The van der Waals surface area contributed by atoms with Crippen LogP contribution in [0.2, 0.25) is 0 Å². The first-order valence-electron chi connectivity index (χ1n) is 7.53. The Balaban J connectivity index is 1.79. The van der Waals surface area contributed by atoms with Crippen LogP contribution >= 0.6 is 0 Å². The third kappa shape index (κ3) is 3.52. The first kappa shape index (κ1) is 16.0. The van der Waals surface area contributed by atoms with Gasteiger partial charge in [0.15, 0.2) is 5.76 Å². The Morgan fingerprint density at radius 2 is 1.79 bits per heavy atom. The molecule has 3 rings (SSSR count). The minimum atomic E-state index is -0.265. The minimum absolute atomic E-state index is 0.197. The van der Waals surface area contributed by atoms with Crippen LogP contribution in [0.1, 0.15) is 22.6 Å². The lowest BCUT2D eigenvalue weighted by molar-refractivity contribution is 0.246. The molecule has 0 saturated carbocycles. The summed E-state index contributed by atoms with van der Waals surface area (Å²) < 4.78 is 18.4.